The van der Waals surface area contributed by atoms with Gasteiger partial charge in [-0.3, -0.25) is 0 Å². The van der Waals surface area contributed by atoms with Crippen LogP contribution < -0.4 is 5.32 Å². The third-order valence-electron chi connectivity index (χ3n) is 4.39. The molecule has 2 rings (SSSR count). The summed E-state index contributed by atoms with van der Waals surface area (Å²) in [5.41, 5.74) is 1.86. The molecule has 0 aromatic heterocycles. The minimum Gasteiger partial charge on any atom is -0.507 e. The molecule has 0 saturated carbocycles. The van der Waals surface area contributed by atoms with E-state index in [0.29, 0.717) is 17.7 Å². The lowest BCUT2D eigenvalue weighted by atomic mass is 9.83. The molecule has 0 fully saturated rings. The number of hydrogen-bond donors (Lipinski definition) is 2. The highest BCUT2D eigenvalue weighted by Gasteiger charge is 2.30. The monoisotopic (exact) mass is 415 g/mol. The summed E-state index contributed by atoms with van der Waals surface area (Å²) in [4.78, 5) is 0. The summed E-state index contributed by atoms with van der Waals surface area (Å²) in [6, 6.07) is 8.73. The molecular formula is C22H29ClF3NO. The molecule has 0 saturated heterocycles. The molecule has 0 atom stereocenters. The van der Waals surface area contributed by atoms with E-state index in [0.717, 1.165) is 23.3 Å². The van der Waals surface area contributed by atoms with E-state index in [-0.39, 0.29) is 29.1 Å². The van der Waals surface area contributed by atoms with E-state index >= 15 is 0 Å². The Morgan fingerprint density at radius 3 is 1.82 bits per heavy atom. The Kier molecular flexibility index (Phi) is 7.24. The van der Waals surface area contributed by atoms with Crippen LogP contribution in [0.25, 0.3) is 11.1 Å². The van der Waals surface area contributed by atoms with E-state index in [1.807, 2.05) is 32.9 Å². The first-order chi connectivity index (χ1) is 12.2. The van der Waals surface area contributed by atoms with E-state index in [1.165, 1.54) is 12.1 Å². The Labute approximate surface area is 171 Å². The van der Waals surface area contributed by atoms with Gasteiger partial charge in [0.1, 0.15) is 5.75 Å². The average Bonchev–Trinajstić information content (AvgIpc) is 2.51. The van der Waals surface area contributed by atoms with Crippen molar-refractivity contribution in [1.82, 2.24) is 5.32 Å². The Morgan fingerprint density at radius 1 is 0.857 bits per heavy atom. The topological polar surface area (TPSA) is 32.3 Å². The number of hydrogen-bond acceptors (Lipinski definition) is 2. The summed E-state index contributed by atoms with van der Waals surface area (Å²) in [7, 11) is 0. The van der Waals surface area contributed by atoms with Gasteiger partial charge < -0.3 is 10.4 Å². The van der Waals surface area contributed by atoms with Gasteiger partial charge in [-0.15, -0.1) is 12.4 Å². The molecule has 0 heterocycles. The van der Waals surface area contributed by atoms with Crippen LogP contribution in [0.1, 0.15) is 58.2 Å². The SMILES string of the molecule is CC(C)(C)NCc1cc(C(C)(C)C)cc(-c2ccc(C(F)(F)F)cc2)c1O.Cl. The molecule has 0 spiro atoms. The zero-order valence-corrected chi connectivity index (χ0v) is 18.0. The van der Waals surface area contributed by atoms with Crippen molar-refractivity contribution < 1.29 is 18.3 Å². The maximum atomic E-state index is 12.8. The maximum absolute atomic E-state index is 12.8. The van der Waals surface area contributed by atoms with Gasteiger partial charge in [-0.2, -0.15) is 13.2 Å². The molecule has 2 N–H and O–H groups in total. The van der Waals surface area contributed by atoms with Crippen LogP contribution in [0.5, 0.6) is 5.75 Å². The fourth-order valence-electron chi connectivity index (χ4n) is 2.68. The first kappa shape index (κ1) is 24.3. The molecule has 2 aromatic carbocycles. The summed E-state index contributed by atoms with van der Waals surface area (Å²) in [5.74, 6) is 0.0968. The van der Waals surface area contributed by atoms with E-state index in [9.17, 15) is 18.3 Å². The largest absolute Gasteiger partial charge is 0.507 e. The molecule has 6 heteroatoms. The molecule has 0 unspecified atom stereocenters. The minimum atomic E-state index is -4.38. The number of alkyl halides is 3. The fraction of sp³-hybridized carbons (Fsp3) is 0.455. The summed E-state index contributed by atoms with van der Waals surface area (Å²) >= 11 is 0. The number of nitrogens with one attached hydrogen (secondary N) is 1. The van der Waals surface area contributed by atoms with Crippen LogP contribution in [-0.2, 0) is 18.1 Å². The van der Waals surface area contributed by atoms with Crippen molar-refractivity contribution in [3.05, 3.63) is 53.1 Å². The van der Waals surface area contributed by atoms with Crippen LogP contribution in [-0.4, -0.2) is 10.6 Å². The van der Waals surface area contributed by atoms with Gasteiger partial charge in [0.15, 0.2) is 0 Å². The van der Waals surface area contributed by atoms with Crippen molar-refractivity contribution in [2.45, 2.75) is 65.2 Å². The van der Waals surface area contributed by atoms with Crippen molar-refractivity contribution in [3.63, 3.8) is 0 Å². The molecule has 28 heavy (non-hydrogen) atoms. The van der Waals surface area contributed by atoms with Crippen molar-refractivity contribution in [2.24, 2.45) is 0 Å². The molecule has 156 valence electrons. The van der Waals surface area contributed by atoms with Crippen LogP contribution in [0.3, 0.4) is 0 Å². The Morgan fingerprint density at radius 2 is 1.39 bits per heavy atom. The normalized spacial score (nSPS) is 12.6. The van der Waals surface area contributed by atoms with E-state index in [4.69, 9.17) is 0 Å². The predicted molar refractivity (Wildman–Crippen MR) is 111 cm³/mol. The van der Waals surface area contributed by atoms with Gasteiger partial charge >= 0.3 is 6.18 Å². The van der Waals surface area contributed by atoms with E-state index < -0.39 is 11.7 Å². The zero-order valence-electron chi connectivity index (χ0n) is 17.2. The van der Waals surface area contributed by atoms with Gasteiger partial charge in [0, 0.05) is 23.2 Å². The van der Waals surface area contributed by atoms with E-state index in [1.54, 1.807) is 0 Å². The molecule has 0 bridgehead atoms. The zero-order chi connectivity index (χ0) is 20.6. The van der Waals surface area contributed by atoms with Gasteiger partial charge in [0.25, 0.3) is 0 Å². The number of halogens is 4. The molecule has 0 radical (unpaired) electrons. The second-order valence-electron chi connectivity index (χ2n) is 8.96. The number of phenolic OH excluding ortho intramolecular Hbond substituents is 1. The number of benzene rings is 2. The number of rotatable bonds is 3. The van der Waals surface area contributed by atoms with Crippen LogP contribution >= 0.6 is 12.4 Å². The Hall–Kier alpha value is -1.72. The second kappa shape index (κ2) is 8.34. The Balaban J connectivity index is 0.00000392. The molecular weight excluding hydrogens is 387 g/mol. The molecule has 0 amide bonds. The second-order valence-corrected chi connectivity index (χ2v) is 8.96. The summed E-state index contributed by atoms with van der Waals surface area (Å²) in [6.45, 7) is 12.8. The number of aromatic hydroxyl groups is 1. The molecule has 0 aliphatic rings. The molecule has 2 nitrogen and oxygen atoms in total. The van der Waals surface area contributed by atoms with Gasteiger partial charge in [-0.1, -0.05) is 39.0 Å². The quantitative estimate of drug-likeness (QED) is 0.585. The van der Waals surface area contributed by atoms with Crippen LogP contribution in [0, 0.1) is 0 Å². The smallest absolute Gasteiger partial charge is 0.416 e. The molecule has 0 aliphatic heterocycles. The maximum Gasteiger partial charge on any atom is 0.416 e. The molecule has 2 aromatic rings. The van der Waals surface area contributed by atoms with E-state index in [2.05, 4.69) is 26.1 Å². The lowest BCUT2D eigenvalue weighted by molar-refractivity contribution is -0.137. The third-order valence-corrected chi connectivity index (χ3v) is 4.39. The highest BCUT2D eigenvalue weighted by atomic mass is 35.5. The van der Waals surface area contributed by atoms with Gasteiger partial charge in [-0.25, -0.2) is 0 Å². The average molecular weight is 416 g/mol. The fourth-order valence-corrected chi connectivity index (χ4v) is 2.68. The lowest BCUT2D eigenvalue weighted by Crippen LogP contribution is -2.35. The van der Waals surface area contributed by atoms with Crippen LogP contribution in [0.2, 0.25) is 0 Å². The number of phenols is 1. The van der Waals surface area contributed by atoms with Crippen molar-refractivity contribution >= 4 is 12.4 Å². The Bertz CT molecular complexity index is 801. The summed E-state index contributed by atoms with van der Waals surface area (Å²) < 4.78 is 38.5. The highest BCUT2D eigenvalue weighted by molar-refractivity contribution is 5.85. The van der Waals surface area contributed by atoms with Crippen LogP contribution in [0.4, 0.5) is 13.2 Å². The van der Waals surface area contributed by atoms with Crippen molar-refractivity contribution in [2.75, 3.05) is 0 Å². The third kappa shape index (κ3) is 6.14. The van der Waals surface area contributed by atoms with Gasteiger partial charge in [-0.05, 0) is 55.5 Å². The predicted octanol–water partition coefficient (Wildman–Crippen LogP) is 6.69. The van der Waals surface area contributed by atoms with Gasteiger partial charge in [0.05, 0.1) is 5.56 Å². The summed E-state index contributed by atoms with van der Waals surface area (Å²) in [6.07, 6.45) is -4.38. The van der Waals surface area contributed by atoms with Gasteiger partial charge in [0.2, 0.25) is 0 Å². The lowest BCUT2D eigenvalue weighted by Gasteiger charge is -2.25. The van der Waals surface area contributed by atoms with Crippen molar-refractivity contribution in [3.8, 4) is 16.9 Å². The molecule has 0 aliphatic carbocycles. The van der Waals surface area contributed by atoms with Crippen molar-refractivity contribution in [1.29, 1.82) is 0 Å². The summed E-state index contributed by atoms with van der Waals surface area (Å²) in [5, 5.41) is 14.2. The first-order valence-corrected chi connectivity index (χ1v) is 8.97. The highest BCUT2D eigenvalue weighted by Crippen LogP contribution is 2.38. The van der Waals surface area contributed by atoms with Crippen LogP contribution in [0.15, 0.2) is 36.4 Å². The first-order valence-electron chi connectivity index (χ1n) is 8.97. The standard InChI is InChI=1S/C22H28F3NO.ClH/c1-20(2,3)17-11-15(13-26-21(4,5)6)19(27)18(12-17)14-7-9-16(10-8-14)22(23,24)25;/h7-12,26-27H,13H2,1-6H3;1H. The minimum absolute atomic E-state index is 0.